The van der Waals surface area contributed by atoms with Gasteiger partial charge in [0.1, 0.15) is 0 Å². The number of aryl methyl sites for hydroxylation is 2. The highest BCUT2D eigenvalue weighted by Crippen LogP contribution is 2.24. The fourth-order valence-corrected chi connectivity index (χ4v) is 2.41. The first-order chi connectivity index (χ1) is 10.1. The standard InChI is InChI=1S/C17H17N3O/c1-11-5-3-6-13(9-11)19-17(21)20-16-8-4-7-15-14(16)10-12(2)18-15/h3-10,18H,1-2H3,(H2,19,20,21). The second kappa shape index (κ2) is 5.32. The highest BCUT2D eigenvalue weighted by molar-refractivity contribution is 6.05. The first-order valence-electron chi connectivity index (χ1n) is 6.85. The van der Waals surface area contributed by atoms with Crippen LogP contribution < -0.4 is 10.6 Å². The number of fused-ring (bicyclic) bond motifs is 1. The molecule has 4 nitrogen and oxygen atoms in total. The summed E-state index contributed by atoms with van der Waals surface area (Å²) in [5, 5.41) is 6.75. The van der Waals surface area contributed by atoms with E-state index in [9.17, 15) is 4.79 Å². The van der Waals surface area contributed by atoms with Gasteiger partial charge in [0, 0.05) is 22.3 Å². The number of nitrogens with one attached hydrogen (secondary N) is 3. The van der Waals surface area contributed by atoms with Gasteiger partial charge in [0.25, 0.3) is 0 Å². The zero-order valence-corrected chi connectivity index (χ0v) is 12.0. The predicted molar refractivity (Wildman–Crippen MR) is 86.9 cm³/mol. The lowest BCUT2D eigenvalue weighted by Gasteiger charge is -2.09. The van der Waals surface area contributed by atoms with E-state index in [2.05, 4.69) is 15.6 Å². The van der Waals surface area contributed by atoms with E-state index in [1.165, 1.54) is 0 Å². The molecule has 3 rings (SSSR count). The van der Waals surface area contributed by atoms with E-state index in [1.807, 2.05) is 62.4 Å². The van der Waals surface area contributed by atoms with Gasteiger partial charge in [-0.25, -0.2) is 4.79 Å². The van der Waals surface area contributed by atoms with Crippen LogP contribution in [0, 0.1) is 13.8 Å². The number of aromatic nitrogens is 1. The molecule has 1 heterocycles. The van der Waals surface area contributed by atoms with Gasteiger partial charge in [0.05, 0.1) is 5.69 Å². The van der Waals surface area contributed by atoms with Crippen molar-refractivity contribution < 1.29 is 4.79 Å². The number of carbonyl (C=O) groups is 1. The van der Waals surface area contributed by atoms with E-state index in [1.54, 1.807) is 0 Å². The molecular formula is C17H17N3O. The molecule has 21 heavy (non-hydrogen) atoms. The number of hydrogen-bond donors (Lipinski definition) is 3. The Balaban J connectivity index is 1.80. The Bertz CT molecular complexity index is 805. The van der Waals surface area contributed by atoms with Crippen molar-refractivity contribution in [3.05, 3.63) is 59.8 Å². The van der Waals surface area contributed by atoms with Crippen LogP contribution in [0.2, 0.25) is 0 Å². The molecule has 0 fully saturated rings. The van der Waals surface area contributed by atoms with Gasteiger partial charge in [-0.1, -0.05) is 18.2 Å². The van der Waals surface area contributed by atoms with E-state index >= 15 is 0 Å². The fraction of sp³-hybridized carbons (Fsp3) is 0.118. The zero-order valence-electron chi connectivity index (χ0n) is 12.0. The van der Waals surface area contributed by atoms with Crippen LogP contribution >= 0.6 is 0 Å². The molecule has 0 aliphatic carbocycles. The van der Waals surface area contributed by atoms with Crippen molar-refractivity contribution in [3.63, 3.8) is 0 Å². The van der Waals surface area contributed by atoms with Crippen LogP contribution in [0.1, 0.15) is 11.3 Å². The molecule has 3 aromatic rings. The van der Waals surface area contributed by atoms with Crippen molar-refractivity contribution in [2.45, 2.75) is 13.8 Å². The molecule has 3 N–H and O–H groups in total. The number of urea groups is 1. The van der Waals surface area contributed by atoms with Gasteiger partial charge in [-0.2, -0.15) is 0 Å². The lowest BCUT2D eigenvalue weighted by atomic mass is 10.2. The third-order valence-electron chi connectivity index (χ3n) is 3.32. The van der Waals surface area contributed by atoms with Crippen molar-refractivity contribution in [2.24, 2.45) is 0 Å². The quantitative estimate of drug-likeness (QED) is 0.638. The van der Waals surface area contributed by atoms with Crippen molar-refractivity contribution in [3.8, 4) is 0 Å². The van der Waals surface area contributed by atoms with Crippen molar-refractivity contribution in [2.75, 3.05) is 10.6 Å². The summed E-state index contributed by atoms with van der Waals surface area (Å²) in [6, 6.07) is 15.3. The number of aromatic amines is 1. The van der Waals surface area contributed by atoms with Crippen LogP contribution in [0.3, 0.4) is 0 Å². The van der Waals surface area contributed by atoms with Crippen molar-refractivity contribution in [1.82, 2.24) is 4.98 Å². The van der Waals surface area contributed by atoms with Gasteiger partial charge in [0.15, 0.2) is 0 Å². The predicted octanol–water partition coefficient (Wildman–Crippen LogP) is 4.43. The number of anilines is 2. The summed E-state index contributed by atoms with van der Waals surface area (Å²) < 4.78 is 0. The summed E-state index contributed by atoms with van der Waals surface area (Å²) in [7, 11) is 0. The van der Waals surface area contributed by atoms with Gasteiger partial charge in [-0.05, 0) is 49.7 Å². The van der Waals surface area contributed by atoms with Gasteiger partial charge in [-0.15, -0.1) is 0 Å². The number of benzene rings is 2. The fourth-order valence-electron chi connectivity index (χ4n) is 2.41. The van der Waals surface area contributed by atoms with Crippen LogP contribution in [-0.2, 0) is 0 Å². The first-order valence-corrected chi connectivity index (χ1v) is 6.85. The van der Waals surface area contributed by atoms with Crippen LogP contribution in [0.15, 0.2) is 48.5 Å². The molecule has 0 bridgehead atoms. The topological polar surface area (TPSA) is 56.9 Å². The molecule has 106 valence electrons. The third kappa shape index (κ3) is 2.89. The smallest absolute Gasteiger partial charge is 0.323 e. The summed E-state index contributed by atoms with van der Waals surface area (Å²) in [4.78, 5) is 15.4. The molecule has 1 aromatic heterocycles. The van der Waals surface area contributed by atoms with E-state index in [0.717, 1.165) is 33.5 Å². The zero-order chi connectivity index (χ0) is 14.8. The lowest BCUT2D eigenvalue weighted by molar-refractivity contribution is 0.262. The Kier molecular flexibility index (Phi) is 3.36. The summed E-state index contributed by atoms with van der Waals surface area (Å²) >= 11 is 0. The molecule has 2 amide bonds. The minimum Gasteiger partial charge on any atom is -0.359 e. The SMILES string of the molecule is Cc1cccc(NC(=O)Nc2cccc3[nH]c(C)cc23)c1. The molecule has 2 aromatic carbocycles. The summed E-state index contributed by atoms with van der Waals surface area (Å²) in [6.07, 6.45) is 0. The van der Waals surface area contributed by atoms with Gasteiger partial charge < -0.3 is 15.6 Å². The maximum atomic E-state index is 12.1. The maximum absolute atomic E-state index is 12.1. The molecule has 0 aliphatic heterocycles. The summed E-state index contributed by atoms with van der Waals surface area (Å²) in [6.45, 7) is 3.99. The lowest BCUT2D eigenvalue weighted by Crippen LogP contribution is -2.19. The molecule has 0 unspecified atom stereocenters. The first kappa shape index (κ1) is 13.2. The van der Waals surface area contributed by atoms with E-state index < -0.39 is 0 Å². The molecule has 0 spiro atoms. The molecule has 0 saturated heterocycles. The number of amides is 2. The van der Waals surface area contributed by atoms with Crippen molar-refractivity contribution >= 4 is 28.3 Å². The van der Waals surface area contributed by atoms with E-state index in [4.69, 9.17) is 0 Å². The van der Waals surface area contributed by atoms with Crippen LogP contribution in [0.5, 0.6) is 0 Å². The van der Waals surface area contributed by atoms with Crippen LogP contribution in [0.25, 0.3) is 10.9 Å². The van der Waals surface area contributed by atoms with E-state index in [-0.39, 0.29) is 6.03 Å². The maximum Gasteiger partial charge on any atom is 0.323 e. The third-order valence-corrected chi connectivity index (χ3v) is 3.32. The van der Waals surface area contributed by atoms with Crippen molar-refractivity contribution in [1.29, 1.82) is 0 Å². The molecule has 0 radical (unpaired) electrons. The normalized spacial score (nSPS) is 10.6. The average Bonchev–Trinajstić information content (AvgIpc) is 2.80. The molecule has 0 saturated carbocycles. The summed E-state index contributed by atoms with van der Waals surface area (Å²) in [5.74, 6) is 0. The van der Waals surface area contributed by atoms with Gasteiger partial charge in [0.2, 0.25) is 0 Å². The van der Waals surface area contributed by atoms with Crippen LogP contribution in [-0.4, -0.2) is 11.0 Å². The monoisotopic (exact) mass is 279 g/mol. The minimum absolute atomic E-state index is 0.244. The number of hydrogen-bond acceptors (Lipinski definition) is 1. The molecule has 0 atom stereocenters. The Morgan fingerprint density at radius 2 is 1.81 bits per heavy atom. The second-order valence-electron chi connectivity index (χ2n) is 5.17. The van der Waals surface area contributed by atoms with Gasteiger partial charge >= 0.3 is 6.03 Å². The minimum atomic E-state index is -0.244. The molecular weight excluding hydrogens is 262 g/mol. The van der Waals surface area contributed by atoms with Crippen LogP contribution in [0.4, 0.5) is 16.2 Å². The largest absolute Gasteiger partial charge is 0.359 e. The Hall–Kier alpha value is -2.75. The van der Waals surface area contributed by atoms with E-state index in [0.29, 0.717) is 0 Å². The highest BCUT2D eigenvalue weighted by Gasteiger charge is 2.07. The Morgan fingerprint density at radius 3 is 2.62 bits per heavy atom. The number of carbonyl (C=O) groups excluding carboxylic acids is 1. The Labute approximate surface area is 123 Å². The van der Waals surface area contributed by atoms with Gasteiger partial charge in [-0.3, -0.25) is 0 Å². The molecule has 4 heteroatoms. The number of H-pyrrole nitrogens is 1. The summed E-state index contributed by atoms with van der Waals surface area (Å²) in [5.41, 5.74) is 4.77. The highest BCUT2D eigenvalue weighted by atomic mass is 16.2. The molecule has 0 aliphatic rings. The second-order valence-corrected chi connectivity index (χ2v) is 5.17. The Morgan fingerprint density at radius 1 is 1.00 bits per heavy atom. The number of rotatable bonds is 2. The average molecular weight is 279 g/mol.